The lowest BCUT2D eigenvalue weighted by atomic mass is 10.2. The van der Waals surface area contributed by atoms with Gasteiger partial charge in [0.15, 0.2) is 0 Å². The zero-order valence-electron chi connectivity index (χ0n) is 11.8. The third-order valence-corrected chi connectivity index (χ3v) is 2.98. The van der Waals surface area contributed by atoms with Crippen molar-refractivity contribution < 1.29 is 4.79 Å². The monoisotopic (exact) mass is 253 g/mol. The Hall–Kier alpha value is -1.56. The van der Waals surface area contributed by atoms with Gasteiger partial charge in [0.25, 0.3) is 5.91 Å². The number of carbonyl (C=O) groups is 1. The molecule has 6 heteroatoms. The summed E-state index contributed by atoms with van der Waals surface area (Å²) in [7, 11) is 5.71. The molecule has 1 aromatic heterocycles. The number of nitrogens with two attached hydrogens (primary N) is 1. The Bertz CT molecular complexity index is 413. The van der Waals surface area contributed by atoms with Gasteiger partial charge < -0.3 is 15.5 Å². The molecule has 0 saturated carbocycles. The molecule has 0 saturated heterocycles. The van der Waals surface area contributed by atoms with Crippen LogP contribution in [-0.4, -0.2) is 58.7 Å². The zero-order chi connectivity index (χ0) is 13.9. The van der Waals surface area contributed by atoms with Gasteiger partial charge in [0.1, 0.15) is 11.4 Å². The van der Waals surface area contributed by atoms with Crippen molar-refractivity contribution in [1.29, 1.82) is 0 Å². The summed E-state index contributed by atoms with van der Waals surface area (Å²) < 4.78 is 1.51. The molecule has 0 fully saturated rings. The zero-order valence-corrected chi connectivity index (χ0v) is 11.8. The molecule has 1 rings (SSSR count). The first kappa shape index (κ1) is 14.5. The van der Waals surface area contributed by atoms with E-state index in [2.05, 4.69) is 10.00 Å². The number of likely N-dealkylation sites (N-methyl/N-ethyl adjacent to an activating group) is 2. The van der Waals surface area contributed by atoms with Crippen LogP contribution in [-0.2, 0) is 7.05 Å². The Morgan fingerprint density at radius 2 is 2.17 bits per heavy atom. The van der Waals surface area contributed by atoms with Crippen molar-refractivity contribution in [1.82, 2.24) is 19.6 Å². The maximum atomic E-state index is 12.4. The Morgan fingerprint density at radius 3 is 2.56 bits per heavy atom. The molecule has 2 N–H and O–H groups in total. The van der Waals surface area contributed by atoms with E-state index in [0.29, 0.717) is 17.9 Å². The van der Waals surface area contributed by atoms with E-state index < -0.39 is 0 Å². The molecule has 1 heterocycles. The van der Waals surface area contributed by atoms with Crippen LogP contribution in [0.4, 0.5) is 5.82 Å². The van der Waals surface area contributed by atoms with Gasteiger partial charge in [-0.3, -0.25) is 9.48 Å². The normalized spacial score (nSPS) is 12.8. The van der Waals surface area contributed by atoms with E-state index in [-0.39, 0.29) is 11.9 Å². The summed E-state index contributed by atoms with van der Waals surface area (Å²) in [6, 6.07) is 0.136. The molecular formula is C12H23N5O. The number of hydrogen-bond acceptors (Lipinski definition) is 4. The molecule has 1 amide bonds. The second kappa shape index (κ2) is 5.86. The summed E-state index contributed by atoms with van der Waals surface area (Å²) in [6.45, 7) is 5.48. The molecular weight excluding hydrogens is 230 g/mol. The highest BCUT2D eigenvalue weighted by Crippen LogP contribution is 2.14. The van der Waals surface area contributed by atoms with Crippen LogP contribution in [0.3, 0.4) is 0 Å². The Balaban J connectivity index is 2.89. The summed E-state index contributed by atoms with van der Waals surface area (Å²) in [6.07, 6.45) is 1.53. The van der Waals surface area contributed by atoms with Gasteiger partial charge in [-0.15, -0.1) is 0 Å². The first-order valence-corrected chi connectivity index (χ1v) is 6.11. The van der Waals surface area contributed by atoms with Crippen LogP contribution in [0.5, 0.6) is 0 Å². The first-order valence-electron chi connectivity index (χ1n) is 6.11. The topological polar surface area (TPSA) is 67.4 Å². The van der Waals surface area contributed by atoms with Gasteiger partial charge in [-0.05, 0) is 27.9 Å². The Kier molecular flexibility index (Phi) is 4.72. The predicted octanol–water partition coefficient (Wildman–Crippen LogP) is 0.415. The van der Waals surface area contributed by atoms with Crippen molar-refractivity contribution in [3.63, 3.8) is 0 Å². The van der Waals surface area contributed by atoms with Crippen LogP contribution >= 0.6 is 0 Å². The smallest absolute Gasteiger partial charge is 0.259 e. The predicted molar refractivity (Wildman–Crippen MR) is 72.3 cm³/mol. The van der Waals surface area contributed by atoms with Gasteiger partial charge in [0.05, 0.1) is 6.20 Å². The lowest BCUT2D eigenvalue weighted by Gasteiger charge is -2.30. The number of amides is 1. The third kappa shape index (κ3) is 3.01. The molecule has 0 aliphatic rings. The van der Waals surface area contributed by atoms with Crippen LogP contribution in [0.2, 0.25) is 0 Å². The summed E-state index contributed by atoms with van der Waals surface area (Å²) in [5.74, 6) is 0.355. The highest BCUT2D eigenvalue weighted by atomic mass is 16.2. The van der Waals surface area contributed by atoms with Crippen molar-refractivity contribution >= 4 is 11.7 Å². The Morgan fingerprint density at radius 1 is 1.56 bits per heavy atom. The number of nitrogens with zero attached hydrogens (tertiary/aromatic N) is 4. The minimum atomic E-state index is -0.0579. The van der Waals surface area contributed by atoms with Crippen LogP contribution in [0.15, 0.2) is 6.20 Å². The number of nitrogen functional groups attached to an aromatic ring is 1. The average molecular weight is 253 g/mol. The van der Waals surface area contributed by atoms with E-state index in [1.54, 1.807) is 7.05 Å². The molecule has 0 aliphatic carbocycles. The minimum Gasteiger partial charge on any atom is -0.383 e. The highest BCUT2D eigenvalue weighted by molar-refractivity contribution is 5.98. The van der Waals surface area contributed by atoms with E-state index in [1.807, 2.05) is 32.8 Å². The molecule has 0 bridgehead atoms. The number of aromatic nitrogens is 2. The molecule has 18 heavy (non-hydrogen) atoms. The number of aryl methyl sites for hydroxylation is 1. The molecule has 6 nitrogen and oxygen atoms in total. The van der Waals surface area contributed by atoms with Crippen LogP contribution in [0.25, 0.3) is 0 Å². The maximum Gasteiger partial charge on any atom is 0.259 e. The summed E-state index contributed by atoms with van der Waals surface area (Å²) >= 11 is 0. The molecule has 1 unspecified atom stereocenters. The number of hydrogen-bond donors (Lipinski definition) is 1. The Labute approximate surface area is 108 Å². The second-order valence-corrected chi connectivity index (χ2v) is 4.77. The molecule has 102 valence electrons. The van der Waals surface area contributed by atoms with Gasteiger partial charge in [-0.25, -0.2) is 0 Å². The van der Waals surface area contributed by atoms with E-state index in [0.717, 1.165) is 6.54 Å². The van der Waals surface area contributed by atoms with Crippen molar-refractivity contribution in [2.24, 2.45) is 7.05 Å². The lowest BCUT2D eigenvalue weighted by molar-refractivity contribution is 0.0680. The number of carbonyl (C=O) groups excluding carboxylic acids is 1. The van der Waals surface area contributed by atoms with Gasteiger partial charge in [0, 0.05) is 26.2 Å². The van der Waals surface area contributed by atoms with E-state index >= 15 is 0 Å². The van der Waals surface area contributed by atoms with E-state index in [9.17, 15) is 4.79 Å². The van der Waals surface area contributed by atoms with Gasteiger partial charge in [-0.2, -0.15) is 5.10 Å². The van der Waals surface area contributed by atoms with Gasteiger partial charge >= 0.3 is 0 Å². The molecule has 1 atom stereocenters. The lowest BCUT2D eigenvalue weighted by Crippen LogP contribution is -2.43. The van der Waals surface area contributed by atoms with Crippen molar-refractivity contribution in [2.75, 3.05) is 32.9 Å². The number of rotatable bonds is 5. The van der Waals surface area contributed by atoms with Gasteiger partial charge in [0.2, 0.25) is 0 Å². The molecule has 1 aromatic rings. The molecule has 0 spiro atoms. The van der Waals surface area contributed by atoms with Crippen LogP contribution < -0.4 is 5.73 Å². The molecule has 0 radical (unpaired) electrons. The van der Waals surface area contributed by atoms with Gasteiger partial charge in [-0.1, -0.05) is 0 Å². The fourth-order valence-corrected chi connectivity index (χ4v) is 2.05. The van der Waals surface area contributed by atoms with Crippen molar-refractivity contribution in [3.8, 4) is 0 Å². The van der Waals surface area contributed by atoms with Crippen LogP contribution in [0, 0.1) is 0 Å². The standard InChI is InChI=1S/C12H23N5O/c1-6-17(9(2)8-15(3)4)12(18)10-7-14-16(5)11(10)13/h7,9H,6,8,13H2,1-5H3. The minimum absolute atomic E-state index is 0.0579. The van der Waals surface area contributed by atoms with Crippen LogP contribution in [0.1, 0.15) is 24.2 Å². The third-order valence-electron chi connectivity index (χ3n) is 2.98. The average Bonchev–Trinajstić information content (AvgIpc) is 2.59. The highest BCUT2D eigenvalue weighted by Gasteiger charge is 2.23. The fourth-order valence-electron chi connectivity index (χ4n) is 2.05. The van der Waals surface area contributed by atoms with E-state index in [4.69, 9.17) is 5.73 Å². The first-order chi connectivity index (χ1) is 8.38. The summed E-state index contributed by atoms with van der Waals surface area (Å²) in [5, 5.41) is 4.01. The molecule has 0 aromatic carbocycles. The fraction of sp³-hybridized carbons (Fsp3) is 0.667. The molecule has 0 aliphatic heterocycles. The largest absolute Gasteiger partial charge is 0.383 e. The maximum absolute atomic E-state index is 12.4. The van der Waals surface area contributed by atoms with Crippen molar-refractivity contribution in [3.05, 3.63) is 11.8 Å². The quantitative estimate of drug-likeness (QED) is 0.825. The summed E-state index contributed by atoms with van der Waals surface area (Å²) in [5.41, 5.74) is 6.32. The SMILES string of the molecule is CCN(C(=O)c1cnn(C)c1N)C(C)CN(C)C. The summed E-state index contributed by atoms with van der Waals surface area (Å²) in [4.78, 5) is 16.3. The second-order valence-electron chi connectivity index (χ2n) is 4.77. The van der Waals surface area contributed by atoms with Crippen molar-refractivity contribution in [2.45, 2.75) is 19.9 Å². The number of anilines is 1. The van der Waals surface area contributed by atoms with E-state index in [1.165, 1.54) is 10.9 Å².